The summed E-state index contributed by atoms with van der Waals surface area (Å²) in [6.45, 7) is 9.20. The smallest absolute Gasteiger partial charge is 0.244 e. The van der Waals surface area contributed by atoms with Crippen LogP contribution in [0.25, 0.3) is 0 Å². The topological polar surface area (TPSA) is 86.8 Å². The second kappa shape index (κ2) is 11.4. The van der Waals surface area contributed by atoms with Gasteiger partial charge in [0.15, 0.2) is 0 Å². The minimum absolute atomic E-state index is 0.183. The SMILES string of the molecule is CC[C@@H](C(=O)NC(C)(C)C)N(Cc1ccc(C)cc1)C(=O)CN(c1ccccc1Br)S(C)(=O)=O. The van der Waals surface area contributed by atoms with E-state index in [1.807, 2.05) is 58.9 Å². The molecule has 0 spiro atoms. The largest absolute Gasteiger partial charge is 0.350 e. The number of halogens is 1. The van der Waals surface area contributed by atoms with Crippen LogP contribution in [0.1, 0.15) is 45.2 Å². The summed E-state index contributed by atoms with van der Waals surface area (Å²) in [5, 5.41) is 2.95. The maximum Gasteiger partial charge on any atom is 0.244 e. The van der Waals surface area contributed by atoms with Crippen LogP contribution < -0.4 is 9.62 Å². The molecule has 0 saturated carbocycles. The second-order valence-electron chi connectivity index (χ2n) is 9.39. The van der Waals surface area contributed by atoms with Gasteiger partial charge in [-0.25, -0.2) is 8.42 Å². The van der Waals surface area contributed by atoms with Gasteiger partial charge in [0.05, 0.1) is 11.9 Å². The number of sulfonamides is 1. The summed E-state index contributed by atoms with van der Waals surface area (Å²) in [5.41, 5.74) is 1.82. The van der Waals surface area contributed by atoms with Gasteiger partial charge in [-0.2, -0.15) is 0 Å². The first-order valence-corrected chi connectivity index (χ1v) is 13.8. The molecule has 1 atom stereocenters. The van der Waals surface area contributed by atoms with Crippen molar-refractivity contribution in [2.45, 2.75) is 59.2 Å². The molecule has 1 N–H and O–H groups in total. The van der Waals surface area contributed by atoms with Crippen molar-refractivity contribution in [3.8, 4) is 0 Å². The van der Waals surface area contributed by atoms with Crippen LogP contribution in [0.15, 0.2) is 53.0 Å². The van der Waals surface area contributed by atoms with E-state index in [2.05, 4.69) is 21.2 Å². The zero-order valence-electron chi connectivity index (χ0n) is 20.6. The van der Waals surface area contributed by atoms with Crippen molar-refractivity contribution in [1.29, 1.82) is 0 Å². The zero-order chi connectivity index (χ0) is 25.7. The van der Waals surface area contributed by atoms with Crippen molar-refractivity contribution in [1.82, 2.24) is 10.2 Å². The third-order valence-electron chi connectivity index (χ3n) is 5.16. The first-order valence-electron chi connectivity index (χ1n) is 11.1. The number of rotatable bonds is 9. The van der Waals surface area contributed by atoms with Crippen molar-refractivity contribution in [2.75, 3.05) is 17.1 Å². The molecule has 0 unspecified atom stereocenters. The van der Waals surface area contributed by atoms with Gasteiger partial charge in [-0.05, 0) is 67.7 Å². The predicted molar refractivity (Wildman–Crippen MR) is 140 cm³/mol. The molecule has 34 heavy (non-hydrogen) atoms. The summed E-state index contributed by atoms with van der Waals surface area (Å²) in [7, 11) is -3.77. The van der Waals surface area contributed by atoms with Crippen molar-refractivity contribution < 1.29 is 18.0 Å². The number of amides is 2. The maximum atomic E-state index is 13.7. The monoisotopic (exact) mass is 551 g/mol. The highest BCUT2D eigenvalue weighted by molar-refractivity contribution is 9.10. The molecule has 2 rings (SSSR count). The lowest BCUT2D eigenvalue weighted by Crippen LogP contribution is -2.55. The summed E-state index contributed by atoms with van der Waals surface area (Å²) in [6, 6.07) is 13.8. The normalized spacial score (nSPS) is 12.7. The molecule has 7 nitrogen and oxygen atoms in total. The minimum atomic E-state index is -3.77. The van der Waals surface area contributed by atoms with Gasteiger partial charge in [-0.1, -0.05) is 48.9 Å². The number of nitrogens with one attached hydrogen (secondary N) is 1. The average Bonchev–Trinajstić information content (AvgIpc) is 2.71. The molecule has 0 fully saturated rings. The van der Waals surface area contributed by atoms with E-state index in [0.717, 1.165) is 21.7 Å². The van der Waals surface area contributed by atoms with Crippen molar-refractivity contribution in [2.24, 2.45) is 0 Å². The maximum absolute atomic E-state index is 13.7. The summed E-state index contributed by atoms with van der Waals surface area (Å²) >= 11 is 3.38. The van der Waals surface area contributed by atoms with Crippen molar-refractivity contribution >= 4 is 43.5 Å². The summed E-state index contributed by atoms with van der Waals surface area (Å²) in [5.74, 6) is -0.736. The van der Waals surface area contributed by atoms with E-state index in [1.165, 1.54) is 4.90 Å². The van der Waals surface area contributed by atoms with E-state index in [-0.39, 0.29) is 12.5 Å². The number of para-hydroxylation sites is 1. The number of benzene rings is 2. The third kappa shape index (κ3) is 7.84. The molecule has 0 aromatic heterocycles. The molecule has 0 aliphatic rings. The van der Waals surface area contributed by atoms with Gasteiger partial charge in [0.25, 0.3) is 0 Å². The van der Waals surface area contributed by atoms with Gasteiger partial charge >= 0.3 is 0 Å². The molecule has 2 amide bonds. The molecule has 0 radical (unpaired) electrons. The molecule has 0 bridgehead atoms. The van der Waals surface area contributed by atoms with E-state index in [4.69, 9.17) is 0 Å². The van der Waals surface area contributed by atoms with Gasteiger partial charge in [0, 0.05) is 16.6 Å². The van der Waals surface area contributed by atoms with Crippen LogP contribution in [-0.2, 0) is 26.2 Å². The molecule has 0 saturated heterocycles. The van der Waals surface area contributed by atoms with Crippen LogP contribution in [0.3, 0.4) is 0 Å². The summed E-state index contributed by atoms with van der Waals surface area (Å²) in [4.78, 5) is 28.3. The van der Waals surface area contributed by atoms with Crippen molar-refractivity contribution in [3.05, 3.63) is 64.1 Å². The van der Waals surface area contributed by atoms with Crippen LogP contribution >= 0.6 is 15.9 Å². The molecule has 2 aromatic carbocycles. The fraction of sp³-hybridized carbons (Fsp3) is 0.440. The number of hydrogen-bond acceptors (Lipinski definition) is 4. The predicted octanol–water partition coefficient (Wildman–Crippen LogP) is 4.25. The Morgan fingerprint density at radius 3 is 2.15 bits per heavy atom. The molecule has 0 heterocycles. The van der Waals surface area contributed by atoms with E-state index >= 15 is 0 Å². The van der Waals surface area contributed by atoms with E-state index in [1.54, 1.807) is 24.3 Å². The second-order valence-corrected chi connectivity index (χ2v) is 12.2. The Bertz CT molecular complexity index is 1110. The molecule has 0 aliphatic heterocycles. The highest BCUT2D eigenvalue weighted by atomic mass is 79.9. The summed E-state index contributed by atoms with van der Waals surface area (Å²) < 4.78 is 26.9. The highest BCUT2D eigenvalue weighted by Crippen LogP contribution is 2.28. The van der Waals surface area contributed by atoms with Crippen LogP contribution in [0.2, 0.25) is 0 Å². The number of nitrogens with zero attached hydrogens (tertiary/aromatic N) is 2. The Morgan fingerprint density at radius 2 is 1.65 bits per heavy atom. The van der Waals surface area contributed by atoms with Gasteiger partial charge in [0.2, 0.25) is 21.8 Å². The number of carbonyl (C=O) groups is 2. The van der Waals surface area contributed by atoms with Gasteiger partial charge < -0.3 is 10.2 Å². The summed E-state index contributed by atoms with van der Waals surface area (Å²) in [6.07, 6.45) is 1.45. The van der Waals surface area contributed by atoms with E-state index in [0.29, 0.717) is 16.6 Å². The number of aryl methyl sites for hydroxylation is 1. The third-order valence-corrected chi connectivity index (χ3v) is 6.96. The fourth-order valence-corrected chi connectivity index (χ4v) is 4.99. The Labute approximate surface area is 211 Å². The van der Waals surface area contributed by atoms with Gasteiger partial charge in [-0.3, -0.25) is 13.9 Å². The van der Waals surface area contributed by atoms with Crippen LogP contribution in [0, 0.1) is 6.92 Å². The van der Waals surface area contributed by atoms with E-state index < -0.39 is 34.1 Å². The molecule has 186 valence electrons. The van der Waals surface area contributed by atoms with Crippen molar-refractivity contribution in [3.63, 3.8) is 0 Å². The fourth-order valence-electron chi connectivity index (χ4n) is 3.51. The van der Waals surface area contributed by atoms with Crippen LogP contribution in [0.4, 0.5) is 5.69 Å². The van der Waals surface area contributed by atoms with Gasteiger partial charge in [0.1, 0.15) is 12.6 Å². The number of carbonyl (C=O) groups excluding carboxylic acids is 2. The average molecular weight is 553 g/mol. The zero-order valence-corrected chi connectivity index (χ0v) is 23.0. The molecular weight excluding hydrogens is 518 g/mol. The van der Waals surface area contributed by atoms with E-state index in [9.17, 15) is 18.0 Å². The number of hydrogen-bond donors (Lipinski definition) is 1. The Balaban J connectivity index is 2.46. The van der Waals surface area contributed by atoms with Crippen LogP contribution in [-0.4, -0.2) is 49.5 Å². The molecule has 0 aliphatic carbocycles. The highest BCUT2D eigenvalue weighted by Gasteiger charge is 2.33. The molecular formula is C25H34BrN3O4S. The Morgan fingerprint density at radius 1 is 1.06 bits per heavy atom. The minimum Gasteiger partial charge on any atom is -0.350 e. The first-order chi connectivity index (χ1) is 15.7. The lowest BCUT2D eigenvalue weighted by molar-refractivity contribution is -0.141. The quantitative estimate of drug-likeness (QED) is 0.504. The standard InChI is InChI=1S/C25H34BrN3O4S/c1-7-21(24(31)27-25(3,4)5)28(16-19-14-12-18(2)13-15-19)23(30)17-29(34(6,32)33)22-11-9-8-10-20(22)26/h8-15,21H,7,16-17H2,1-6H3,(H,27,31)/t21-/m0/s1. The Hall–Kier alpha value is -2.39. The first kappa shape index (κ1) is 27.9. The lowest BCUT2D eigenvalue weighted by atomic mass is 10.1. The lowest BCUT2D eigenvalue weighted by Gasteiger charge is -2.34. The van der Waals surface area contributed by atoms with Crippen LogP contribution in [0.5, 0.6) is 0 Å². The molecule has 9 heteroatoms. The number of anilines is 1. The van der Waals surface area contributed by atoms with Gasteiger partial charge in [-0.15, -0.1) is 0 Å². The Kier molecular flexibility index (Phi) is 9.30. The molecule has 2 aromatic rings.